The first-order valence-corrected chi connectivity index (χ1v) is 9.89. The summed E-state index contributed by atoms with van der Waals surface area (Å²) in [6.45, 7) is 3.78. The van der Waals surface area contributed by atoms with Crippen LogP contribution in [-0.4, -0.2) is 38.9 Å². The van der Waals surface area contributed by atoms with Gasteiger partial charge in [-0.05, 0) is 60.6 Å². The Morgan fingerprint density at radius 3 is 2.61 bits per heavy atom. The monoisotopic (exact) mass is 383 g/mol. The van der Waals surface area contributed by atoms with E-state index in [2.05, 4.69) is 15.6 Å². The molecule has 4 rings (SSSR count). The molecule has 1 fully saturated rings. The summed E-state index contributed by atoms with van der Waals surface area (Å²) in [5, 5.41) is 6.43. The molecule has 0 amide bonds. The number of nitrogens with one attached hydrogen (secondary N) is 2. The molecule has 5 nitrogen and oxygen atoms in total. The first kappa shape index (κ1) is 18.7. The highest BCUT2D eigenvalue weighted by molar-refractivity contribution is 5.94. The second-order valence-electron chi connectivity index (χ2n) is 7.29. The summed E-state index contributed by atoms with van der Waals surface area (Å²) in [5.74, 6) is 1.30. The molecule has 0 spiro atoms. The molecule has 0 atom stereocenters. The van der Waals surface area contributed by atoms with Crippen molar-refractivity contribution in [3.05, 3.63) is 59.4 Å². The highest BCUT2D eigenvalue weighted by atomic mass is 19.1. The van der Waals surface area contributed by atoms with Crippen LogP contribution in [0.1, 0.15) is 24.0 Å². The zero-order valence-electron chi connectivity index (χ0n) is 15.9. The number of aliphatic imine (C=N–C) groups is 1. The summed E-state index contributed by atoms with van der Waals surface area (Å²) in [7, 11) is 0. The van der Waals surface area contributed by atoms with Gasteiger partial charge in [-0.25, -0.2) is 4.39 Å². The first-order valence-electron chi connectivity index (χ1n) is 9.89. The van der Waals surface area contributed by atoms with Crippen LogP contribution >= 0.6 is 0 Å². The van der Waals surface area contributed by atoms with E-state index in [1.54, 1.807) is 12.1 Å². The highest BCUT2D eigenvalue weighted by Gasteiger charge is 2.15. The van der Waals surface area contributed by atoms with Gasteiger partial charge in [0.1, 0.15) is 0 Å². The number of nitrogens with zero attached hydrogens (tertiary/aromatic N) is 1. The van der Waals surface area contributed by atoms with Gasteiger partial charge in [0, 0.05) is 25.4 Å². The molecule has 0 aliphatic carbocycles. The Labute approximate surface area is 165 Å². The van der Waals surface area contributed by atoms with E-state index in [1.165, 1.54) is 0 Å². The molecule has 148 valence electrons. The van der Waals surface area contributed by atoms with Gasteiger partial charge < -0.3 is 20.1 Å². The number of benzene rings is 2. The third-order valence-electron chi connectivity index (χ3n) is 5.11. The molecule has 28 heavy (non-hydrogen) atoms. The van der Waals surface area contributed by atoms with E-state index in [9.17, 15) is 4.39 Å². The van der Waals surface area contributed by atoms with Crippen LogP contribution in [-0.2, 0) is 11.2 Å². The number of hydrogen-bond donors (Lipinski definition) is 2. The minimum atomic E-state index is -0.298. The molecule has 2 aliphatic heterocycles. The zero-order valence-corrected chi connectivity index (χ0v) is 15.9. The quantitative estimate of drug-likeness (QED) is 0.800. The molecular formula is C22H26FN3O2. The van der Waals surface area contributed by atoms with Crippen molar-refractivity contribution < 1.29 is 13.9 Å². The topological polar surface area (TPSA) is 54.9 Å². The third kappa shape index (κ3) is 5.01. The Bertz CT molecular complexity index is 817. The zero-order chi connectivity index (χ0) is 19.2. The molecular weight excluding hydrogens is 357 g/mol. The normalized spacial score (nSPS) is 17.1. The Morgan fingerprint density at radius 1 is 1.11 bits per heavy atom. The molecule has 0 saturated carbocycles. The van der Waals surface area contributed by atoms with Gasteiger partial charge >= 0.3 is 0 Å². The molecule has 2 N–H and O–H groups in total. The maximum absolute atomic E-state index is 14.4. The summed E-state index contributed by atoms with van der Waals surface area (Å²) < 4.78 is 25.5. The summed E-state index contributed by atoms with van der Waals surface area (Å²) in [4.78, 5) is 4.32. The van der Waals surface area contributed by atoms with E-state index in [-0.39, 0.29) is 5.82 Å². The van der Waals surface area contributed by atoms with Gasteiger partial charge in [-0.1, -0.05) is 18.2 Å². The smallest absolute Gasteiger partial charge is 0.195 e. The van der Waals surface area contributed by atoms with Crippen molar-refractivity contribution in [3.63, 3.8) is 0 Å². The number of anilines is 1. The average molecular weight is 383 g/mol. The van der Waals surface area contributed by atoms with Crippen LogP contribution in [0.5, 0.6) is 5.75 Å². The Morgan fingerprint density at radius 2 is 1.89 bits per heavy atom. The number of hydrogen-bond acceptors (Lipinski definition) is 5. The Balaban J connectivity index is 1.32. The number of ether oxygens (including phenoxy) is 2. The van der Waals surface area contributed by atoms with Gasteiger partial charge in [-0.2, -0.15) is 0 Å². The number of rotatable bonds is 6. The molecule has 6 heteroatoms. The van der Waals surface area contributed by atoms with Crippen LogP contribution in [0.3, 0.4) is 0 Å². The molecule has 2 heterocycles. The molecule has 0 aromatic heterocycles. The minimum absolute atomic E-state index is 0.298. The Kier molecular flexibility index (Phi) is 6.07. The SMILES string of the molecule is Fc1cc(Cc2ccc(NC3=NCCN3)cc2)ccc1OCC1CCOCC1. The van der Waals surface area contributed by atoms with Crippen LogP contribution in [0.15, 0.2) is 47.5 Å². The fourth-order valence-corrected chi connectivity index (χ4v) is 3.45. The van der Waals surface area contributed by atoms with E-state index in [0.717, 1.165) is 61.9 Å². The van der Waals surface area contributed by atoms with Crippen LogP contribution < -0.4 is 15.4 Å². The fourth-order valence-electron chi connectivity index (χ4n) is 3.45. The van der Waals surface area contributed by atoms with Gasteiger partial charge in [-0.3, -0.25) is 4.99 Å². The van der Waals surface area contributed by atoms with Crippen LogP contribution in [0, 0.1) is 11.7 Å². The molecule has 2 aliphatic rings. The largest absolute Gasteiger partial charge is 0.490 e. The standard InChI is InChI=1S/C22H26FN3O2/c23-20-14-18(3-6-21(20)28-15-17-7-11-27-12-8-17)13-16-1-4-19(5-2-16)26-22-24-9-10-25-22/h1-6,14,17H,7-13,15H2,(H2,24,25,26). The third-order valence-corrected chi connectivity index (χ3v) is 5.11. The predicted octanol–water partition coefficient (Wildman–Crippen LogP) is 3.59. The van der Waals surface area contributed by atoms with Gasteiger partial charge in [0.05, 0.1) is 13.2 Å². The van der Waals surface area contributed by atoms with Crippen LogP contribution in [0.25, 0.3) is 0 Å². The second kappa shape index (κ2) is 9.06. The fraction of sp³-hybridized carbons (Fsp3) is 0.409. The van der Waals surface area contributed by atoms with Crippen molar-refractivity contribution in [1.29, 1.82) is 0 Å². The molecule has 1 saturated heterocycles. The van der Waals surface area contributed by atoms with Crippen molar-refractivity contribution in [1.82, 2.24) is 5.32 Å². The average Bonchev–Trinajstić information content (AvgIpc) is 3.23. The highest BCUT2D eigenvalue weighted by Crippen LogP contribution is 2.23. The molecule has 0 unspecified atom stereocenters. The predicted molar refractivity (Wildman–Crippen MR) is 109 cm³/mol. The molecule has 0 bridgehead atoms. The second-order valence-corrected chi connectivity index (χ2v) is 7.29. The van der Waals surface area contributed by atoms with Crippen LogP contribution in [0.4, 0.5) is 10.1 Å². The lowest BCUT2D eigenvalue weighted by molar-refractivity contribution is 0.0491. The first-order chi connectivity index (χ1) is 13.8. The van der Waals surface area contributed by atoms with Crippen molar-refractivity contribution in [2.75, 3.05) is 38.2 Å². The summed E-state index contributed by atoms with van der Waals surface area (Å²) in [6.07, 6.45) is 2.64. The maximum atomic E-state index is 14.4. The number of guanidine groups is 1. The summed E-state index contributed by atoms with van der Waals surface area (Å²) >= 11 is 0. The van der Waals surface area contributed by atoms with Gasteiger partial charge in [0.25, 0.3) is 0 Å². The van der Waals surface area contributed by atoms with Crippen molar-refractivity contribution >= 4 is 11.6 Å². The van der Waals surface area contributed by atoms with Gasteiger partial charge in [-0.15, -0.1) is 0 Å². The van der Waals surface area contributed by atoms with E-state index in [1.807, 2.05) is 30.3 Å². The van der Waals surface area contributed by atoms with E-state index in [0.29, 0.717) is 24.7 Å². The minimum Gasteiger partial charge on any atom is -0.490 e. The van der Waals surface area contributed by atoms with Gasteiger partial charge in [0.15, 0.2) is 17.5 Å². The van der Waals surface area contributed by atoms with Crippen molar-refractivity contribution in [2.45, 2.75) is 19.3 Å². The van der Waals surface area contributed by atoms with E-state index in [4.69, 9.17) is 9.47 Å². The summed E-state index contributed by atoms with van der Waals surface area (Å²) in [6, 6.07) is 13.4. The van der Waals surface area contributed by atoms with Crippen molar-refractivity contribution in [2.24, 2.45) is 10.9 Å². The van der Waals surface area contributed by atoms with E-state index >= 15 is 0 Å². The lowest BCUT2D eigenvalue weighted by Crippen LogP contribution is -2.26. The van der Waals surface area contributed by atoms with Crippen molar-refractivity contribution in [3.8, 4) is 5.75 Å². The van der Waals surface area contributed by atoms with Gasteiger partial charge in [0.2, 0.25) is 0 Å². The molecule has 2 aromatic carbocycles. The Hall–Kier alpha value is -2.60. The lowest BCUT2D eigenvalue weighted by atomic mass is 10.0. The maximum Gasteiger partial charge on any atom is 0.195 e. The lowest BCUT2D eigenvalue weighted by Gasteiger charge is -2.22. The summed E-state index contributed by atoms with van der Waals surface area (Å²) in [5.41, 5.74) is 3.04. The number of halogens is 1. The molecule has 0 radical (unpaired) electrons. The van der Waals surface area contributed by atoms with Crippen LogP contribution in [0.2, 0.25) is 0 Å². The molecule has 2 aromatic rings. The van der Waals surface area contributed by atoms with E-state index < -0.39 is 0 Å².